The second-order valence-corrected chi connectivity index (χ2v) is 5.43. The molecule has 0 radical (unpaired) electrons. The molecule has 0 aliphatic heterocycles. The van der Waals surface area contributed by atoms with Crippen LogP contribution in [0.5, 0.6) is 0 Å². The van der Waals surface area contributed by atoms with Crippen molar-refractivity contribution in [2.45, 2.75) is 0 Å². The Balaban J connectivity index is 1.95. The fraction of sp³-hybridized carbons (Fsp3) is 0. The zero-order chi connectivity index (χ0) is 13.9. The lowest BCUT2D eigenvalue weighted by molar-refractivity contribution is 1.10. The highest BCUT2D eigenvalue weighted by molar-refractivity contribution is 7.13. The Labute approximate surface area is 124 Å². The van der Waals surface area contributed by atoms with E-state index in [-0.39, 0.29) is 0 Å². The van der Waals surface area contributed by atoms with Gasteiger partial charge in [0.25, 0.3) is 0 Å². The number of hydrogen-bond acceptors (Lipinski definition) is 4. The Morgan fingerprint density at radius 3 is 2.70 bits per heavy atom. The molecule has 1 aromatic carbocycles. The van der Waals surface area contributed by atoms with Gasteiger partial charge in [-0.25, -0.2) is 0 Å². The molecule has 2 N–H and O–H groups in total. The number of rotatable bonds is 3. The zero-order valence-corrected chi connectivity index (χ0v) is 11.8. The van der Waals surface area contributed by atoms with Crippen LogP contribution in [0.15, 0.2) is 41.8 Å². The summed E-state index contributed by atoms with van der Waals surface area (Å²) in [6.45, 7) is 0. The highest BCUT2D eigenvalue weighted by Crippen LogP contribution is 2.30. The number of hydrogen-bond donors (Lipinski definition) is 2. The molecule has 3 rings (SSSR count). The number of benzene rings is 1. The maximum absolute atomic E-state index is 9.34. The number of nitriles is 1. The molecule has 4 nitrogen and oxygen atoms in total. The largest absolute Gasteiger partial charge is 0.338 e. The molecule has 3 aromatic rings. The minimum absolute atomic E-state index is 0.502. The summed E-state index contributed by atoms with van der Waals surface area (Å²) in [5.74, 6) is 0.512. The third-order valence-corrected chi connectivity index (χ3v) is 3.89. The van der Waals surface area contributed by atoms with E-state index in [9.17, 15) is 5.26 Å². The summed E-state index contributed by atoms with van der Waals surface area (Å²) in [6.07, 6.45) is 0. The Hall–Kier alpha value is -2.29. The molecule has 20 heavy (non-hydrogen) atoms. The van der Waals surface area contributed by atoms with E-state index < -0.39 is 0 Å². The quantitative estimate of drug-likeness (QED) is 0.753. The van der Waals surface area contributed by atoms with Crippen LogP contribution < -0.4 is 5.32 Å². The van der Waals surface area contributed by atoms with Crippen LogP contribution in [-0.2, 0) is 0 Å². The Kier molecular flexibility index (Phi) is 3.42. The maximum atomic E-state index is 9.34. The van der Waals surface area contributed by atoms with Gasteiger partial charge in [-0.05, 0) is 35.7 Å². The van der Waals surface area contributed by atoms with Gasteiger partial charge in [0.2, 0.25) is 0 Å². The number of nitrogens with one attached hydrogen (secondary N) is 2. The second-order valence-electron chi connectivity index (χ2n) is 4.04. The molecule has 6 heteroatoms. The van der Waals surface area contributed by atoms with E-state index in [0.717, 1.165) is 16.3 Å². The average Bonchev–Trinajstić information content (AvgIpc) is 3.10. The third-order valence-electron chi connectivity index (χ3n) is 2.75. The summed E-state index contributed by atoms with van der Waals surface area (Å²) < 4.78 is 0. The zero-order valence-electron chi connectivity index (χ0n) is 10.2. The van der Waals surface area contributed by atoms with Crippen LogP contribution in [0.3, 0.4) is 0 Å². The molecule has 0 unspecified atom stereocenters. The Bertz CT molecular complexity index is 754. The molecule has 0 fully saturated rings. The summed E-state index contributed by atoms with van der Waals surface area (Å²) in [4.78, 5) is 0.984. The number of halogens is 1. The first-order valence-electron chi connectivity index (χ1n) is 5.83. The number of H-pyrrole nitrogens is 1. The van der Waals surface area contributed by atoms with Crippen molar-refractivity contribution in [1.29, 1.82) is 5.26 Å². The molecule has 0 amide bonds. The van der Waals surface area contributed by atoms with E-state index in [4.69, 9.17) is 11.6 Å². The van der Waals surface area contributed by atoms with Crippen molar-refractivity contribution in [3.05, 3.63) is 52.4 Å². The molecule has 2 aromatic heterocycles. The lowest BCUT2D eigenvalue weighted by atomic mass is 10.2. The fourth-order valence-electron chi connectivity index (χ4n) is 1.81. The van der Waals surface area contributed by atoms with Crippen LogP contribution >= 0.6 is 22.9 Å². The highest BCUT2D eigenvalue weighted by Gasteiger charge is 2.15. The second kappa shape index (κ2) is 5.37. The normalized spacial score (nSPS) is 10.2. The molecule has 0 atom stereocenters. The van der Waals surface area contributed by atoms with Gasteiger partial charge in [-0.1, -0.05) is 17.7 Å². The lowest BCUT2D eigenvalue weighted by Gasteiger charge is -2.03. The number of aromatic nitrogens is 2. The van der Waals surface area contributed by atoms with Crippen LogP contribution in [-0.4, -0.2) is 10.2 Å². The summed E-state index contributed by atoms with van der Waals surface area (Å²) >= 11 is 7.40. The highest BCUT2D eigenvalue weighted by atomic mass is 35.5. The lowest BCUT2D eigenvalue weighted by Crippen LogP contribution is -1.92. The number of nitrogens with zero attached hydrogens (tertiary/aromatic N) is 2. The maximum Gasteiger partial charge on any atom is 0.170 e. The fourth-order valence-corrected chi connectivity index (χ4v) is 2.66. The van der Waals surface area contributed by atoms with Crippen molar-refractivity contribution in [3.8, 4) is 16.6 Å². The van der Waals surface area contributed by atoms with Crippen LogP contribution in [0.1, 0.15) is 5.56 Å². The number of aromatic amines is 1. The van der Waals surface area contributed by atoms with Crippen molar-refractivity contribution in [2.24, 2.45) is 0 Å². The molecular formula is C14H9ClN4S. The Morgan fingerprint density at radius 1 is 1.25 bits per heavy atom. The van der Waals surface area contributed by atoms with Crippen molar-refractivity contribution >= 4 is 34.4 Å². The number of thiophene rings is 1. The molecule has 0 bridgehead atoms. The van der Waals surface area contributed by atoms with Gasteiger partial charge in [-0.3, -0.25) is 5.10 Å². The predicted octanol–water partition coefficient (Wildman–Crippen LogP) is 4.41. The average molecular weight is 301 g/mol. The molecule has 0 saturated carbocycles. The first-order chi connectivity index (χ1) is 9.78. The third kappa shape index (κ3) is 2.39. The molecular weight excluding hydrogens is 292 g/mol. The van der Waals surface area contributed by atoms with Crippen molar-refractivity contribution < 1.29 is 0 Å². The van der Waals surface area contributed by atoms with Crippen molar-refractivity contribution in [2.75, 3.05) is 5.32 Å². The smallest absolute Gasteiger partial charge is 0.170 e. The SMILES string of the molecule is N#Cc1c(Nc2ccc(Cl)cc2)n[nH]c1-c1cccs1. The van der Waals surface area contributed by atoms with Gasteiger partial charge in [0, 0.05) is 10.7 Å². The molecule has 0 aliphatic rings. The summed E-state index contributed by atoms with van der Waals surface area (Å²) in [5, 5.41) is 22.2. The van der Waals surface area contributed by atoms with Gasteiger partial charge in [0.05, 0.1) is 10.6 Å². The van der Waals surface area contributed by atoms with E-state index in [1.165, 1.54) is 0 Å². The molecule has 0 aliphatic carbocycles. The molecule has 98 valence electrons. The monoisotopic (exact) mass is 300 g/mol. The van der Waals surface area contributed by atoms with Gasteiger partial charge < -0.3 is 5.32 Å². The topological polar surface area (TPSA) is 64.5 Å². The van der Waals surface area contributed by atoms with Crippen LogP contribution in [0.2, 0.25) is 5.02 Å². The van der Waals surface area contributed by atoms with Gasteiger partial charge >= 0.3 is 0 Å². The van der Waals surface area contributed by atoms with E-state index in [0.29, 0.717) is 16.4 Å². The number of anilines is 2. The van der Waals surface area contributed by atoms with E-state index >= 15 is 0 Å². The van der Waals surface area contributed by atoms with Crippen LogP contribution in [0, 0.1) is 11.3 Å². The molecule has 0 spiro atoms. The minimum Gasteiger partial charge on any atom is -0.338 e. The van der Waals surface area contributed by atoms with E-state index in [1.54, 1.807) is 23.5 Å². The van der Waals surface area contributed by atoms with Crippen molar-refractivity contribution in [3.63, 3.8) is 0 Å². The minimum atomic E-state index is 0.502. The van der Waals surface area contributed by atoms with Crippen LogP contribution in [0.4, 0.5) is 11.5 Å². The first-order valence-corrected chi connectivity index (χ1v) is 7.08. The first kappa shape index (κ1) is 12.7. The van der Waals surface area contributed by atoms with Gasteiger partial charge in [0.1, 0.15) is 11.6 Å². The molecule has 2 heterocycles. The van der Waals surface area contributed by atoms with Crippen LogP contribution in [0.25, 0.3) is 10.6 Å². The Morgan fingerprint density at radius 2 is 2.05 bits per heavy atom. The summed E-state index contributed by atoms with van der Waals surface area (Å²) in [5.41, 5.74) is 2.07. The van der Waals surface area contributed by atoms with E-state index in [2.05, 4.69) is 21.6 Å². The molecule has 0 saturated heterocycles. The summed E-state index contributed by atoms with van der Waals surface area (Å²) in [7, 11) is 0. The standard InChI is InChI=1S/C14H9ClN4S/c15-9-3-5-10(6-4-9)17-14-11(8-16)13(18-19-14)12-2-1-7-20-12/h1-7H,(H2,17,18,19). The summed E-state index contributed by atoms with van der Waals surface area (Å²) in [6, 6.07) is 13.3. The van der Waals surface area contributed by atoms with Gasteiger partial charge in [0.15, 0.2) is 5.82 Å². The predicted molar refractivity (Wildman–Crippen MR) is 81.4 cm³/mol. The van der Waals surface area contributed by atoms with Gasteiger partial charge in [-0.15, -0.1) is 11.3 Å². The van der Waals surface area contributed by atoms with Crippen molar-refractivity contribution in [1.82, 2.24) is 10.2 Å². The van der Waals surface area contributed by atoms with E-state index in [1.807, 2.05) is 29.6 Å². The van der Waals surface area contributed by atoms with Gasteiger partial charge in [-0.2, -0.15) is 10.4 Å².